The molecule has 166 valence electrons. The molecule has 0 saturated carbocycles. The third-order valence-corrected chi connectivity index (χ3v) is 4.20. The Morgan fingerprint density at radius 3 is 2.16 bits per heavy atom. The molecule has 0 spiro atoms. The quantitative estimate of drug-likeness (QED) is 0.288. The minimum Gasteiger partial charge on any atom is -0.369 e. The van der Waals surface area contributed by atoms with Crippen LogP contribution in [0.15, 0.2) is 23.2 Å². The fourth-order valence-corrected chi connectivity index (χ4v) is 3.05. The minimum atomic E-state index is -4.81. The maximum Gasteiger partial charge on any atom is 0.416 e. The summed E-state index contributed by atoms with van der Waals surface area (Å²) in [6, 6.07) is 2.35. The topological polar surface area (TPSA) is 57.2 Å². The predicted octanol–water partition coefficient (Wildman–Crippen LogP) is 6.16. The van der Waals surface area contributed by atoms with Crippen LogP contribution in [0.2, 0.25) is 10.0 Å². The Morgan fingerprint density at radius 2 is 1.77 bits per heavy atom. The van der Waals surface area contributed by atoms with Crippen molar-refractivity contribution in [3.8, 4) is 11.8 Å². The van der Waals surface area contributed by atoms with Crippen molar-refractivity contribution in [3.63, 3.8) is 0 Å². The van der Waals surface area contributed by atoms with Crippen LogP contribution >= 0.6 is 23.2 Å². The van der Waals surface area contributed by atoms with Crippen molar-refractivity contribution < 1.29 is 30.7 Å². The van der Waals surface area contributed by atoms with Gasteiger partial charge in [-0.3, -0.25) is 0 Å². The second kappa shape index (κ2) is 9.15. The first-order valence-corrected chi connectivity index (χ1v) is 8.69. The van der Waals surface area contributed by atoms with Gasteiger partial charge in [-0.2, -0.15) is 32.3 Å². The lowest BCUT2D eigenvalue weighted by molar-refractivity contribution is -0.137. The van der Waals surface area contributed by atoms with Gasteiger partial charge in [-0.1, -0.05) is 23.2 Å². The summed E-state index contributed by atoms with van der Waals surface area (Å²) >= 11 is 11.8. The Balaban J connectivity index is 2.97. The van der Waals surface area contributed by atoms with E-state index in [-0.39, 0.29) is 0 Å². The van der Waals surface area contributed by atoms with Gasteiger partial charge < -0.3 is 4.90 Å². The second-order valence-electron chi connectivity index (χ2n) is 6.04. The number of halogens is 9. The van der Waals surface area contributed by atoms with Gasteiger partial charge in [0, 0.05) is 14.1 Å². The molecule has 1 aromatic heterocycles. The summed E-state index contributed by atoms with van der Waals surface area (Å²) in [5.74, 6) is -0.711. The molecule has 2 rings (SSSR count). The van der Waals surface area contributed by atoms with Crippen molar-refractivity contribution in [3.05, 3.63) is 45.1 Å². The minimum absolute atomic E-state index is 0.474. The van der Waals surface area contributed by atoms with Crippen LogP contribution in [0.3, 0.4) is 0 Å². The van der Waals surface area contributed by atoms with E-state index in [2.05, 4.69) is 10.1 Å². The first-order valence-electron chi connectivity index (χ1n) is 7.93. The van der Waals surface area contributed by atoms with Gasteiger partial charge in [0.15, 0.2) is 11.5 Å². The van der Waals surface area contributed by atoms with Crippen LogP contribution in [0.1, 0.15) is 16.8 Å². The molecule has 0 amide bonds. The lowest BCUT2D eigenvalue weighted by Gasteiger charge is -2.14. The van der Waals surface area contributed by atoms with Crippen LogP contribution in [-0.4, -0.2) is 41.5 Å². The molecule has 1 heterocycles. The molecular formula is C17H10Cl2F7N5. The van der Waals surface area contributed by atoms with E-state index >= 15 is 0 Å². The SMILES string of the molecule is CN(C)C=Nc1c(C(=C(F)F)C(F)F)c(C#N)nn1-c1c(Cl)cc(C(F)(F)F)cc1Cl. The highest BCUT2D eigenvalue weighted by atomic mass is 35.5. The average molecular weight is 488 g/mol. The smallest absolute Gasteiger partial charge is 0.369 e. The Kier molecular flexibility index (Phi) is 7.23. The normalized spacial score (nSPS) is 11.8. The maximum absolute atomic E-state index is 13.4. The standard InChI is InChI=1S/C17H10Cl2F7N5/c1-30(2)6-28-16-11(12(14(20)21)15(22)23)10(5-27)29-31(16)13-8(18)3-7(4-9(13)19)17(24,25)26/h3-4,6,14H,1-2H3. The third-order valence-electron chi connectivity index (χ3n) is 3.63. The number of aliphatic imine (C=N–C) groups is 1. The lowest BCUT2D eigenvalue weighted by Crippen LogP contribution is -2.09. The zero-order chi connectivity index (χ0) is 23.7. The van der Waals surface area contributed by atoms with Crippen LogP contribution in [0, 0.1) is 11.3 Å². The van der Waals surface area contributed by atoms with E-state index in [1.165, 1.54) is 25.1 Å². The van der Waals surface area contributed by atoms with Gasteiger partial charge in [-0.05, 0) is 12.1 Å². The summed E-state index contributed by atoms with van der Waals surface area (Å²) in [4.78, 5) is 5.11. The molecule has 1 aromatic carbocycles. The van der Waals surface area contributed by atoms with Crippen molar-refractivity contribution in [1.29, 1.82) is 5.26 Å². The predicted molar refractivity (Wildman–Crippen MR) is 100 cm³/mol. The number of rotatable bonds is 5. The van der Waals surface area contributed by atoms with E-state index < -0.39 is 62.6 Å². The number of benzene rings is 1. The van der Waals surface area contributed by atoms with Crippen molar-refractivity contribution in [2.24, 2.45) is 4.99 Å². The molecule has 0 atom stereocenters. The number of nitrogens with zero attached hydrogens (tertiary/aromatic N) is 5. The molecule has 0 aliphatic rings. The molecule has 0 saturated heterocycles. The fraction of sp³-hybridized carbons (Fsp3) is 0.235. The van der Waals surface area contributed by atoms with E-state index in [1.54, 1.807) is 0 Å². The van der Waals surface area contributed by atoms with Gasteiger partial charge >= 0.3 is 6.18 Å². The van der Waals surface area contributed by atoms with E-state index in [9.17, 15) is 36.0 Å². The number of hydrogen-bond donors (Lipinski definition) is 0. The summed E-state index contributed by atoms with van der Waals surface area (Å²) < 4.78 is 92.9. The van der Waals surface area contributed by atoms with E-state index in [0.717, 1.165) is 6.34 Å². The van der Waals surface area contributed by atoms with Gasteiger partial charge in [0.05, 0.1) is 33.1 Å². The first kappa shape index (κ1) is 24.5. The van der Waals surface area contributed by atoms with Crippen molar-refractivity contribution in [2.45, 2.75) is 12.6 Å². The van der Waals surface area contributed by atoms with Crippen LogP contribution in [0.5, 0.6) is 0 Å². The summed E-state index contributed by atoms with van der Waals surface area (Å²) in [7, 11) is 2.93. The Morgan fingerprint density at radius 1 is 1.23 bits per heavy atom. The van der Waals surface area contributed by atoms with Gasteiger partial charge in [0.1, 0.15) is 11.8 Å². The number of nitriles is 1. The highest BCUT2D eigenvalue weighted by Crippen LogP contribution is 2.42. The van der Waals surface area contributed by atoms with E-state index in [0.29, 0.717) is 16.8 Å². The molecule has 0 aliphatic carbocycles. The summed E-state index contributed by atoms with van der Waals surface area (Å²) in [6.45, 7) is 0. The average Bonchev–Trinajstić information content (AvgIpc) is 2.96. The highest BCUT2D eigenvalue weighted by Gasteiger charge is 2.34. The second-order valence-corrected chi connectivity index (χ2v) is 6.85. The highest BCUT2D eigenvalue weighted by molar-refractivity contribution is 6.38. The van der Waals surface area contributed by atoms with Gasteiger partial charge in [-0.15, -0.1) is 0 Å². The van der Waals surface area contributed by atoms with Crippen LogP contribution in [0.4, 0.5) is 36.6 Å². The van der Waals surface area contributed by atoms with Crippen LogP contribution in [-0.2, 0) is 6.18 Å². The van der Waals surface area contributed by atoms with Crippen molar-refractivity contribution in [1.82, 2.24) is 14.7 Å². The van der Waals surface area contributed by atoms with Crippen LogP contribution < -0.4 is 0 Å². The molecule has 0 N–H and O–H groups in total. The molecule has 0 unspecified atom stereocenters. The molecule has 31 heavy (non-hydrogen) atoms. The number of hydrogen-bond acceptors (Lipinski definition) is 3. The summed E-state index contributed by atoms with van der Waals surface area (Å²) in [6.07, 6.45) is -10.3. The number of alkyl halides is 5. The number of aromatic nitrogens is 2. The fourth-order valence-electron chi connectivity index (χ4n) is 2.40. The molecular weight excluding hydrogens is 478 g/mol. The molecule has 0 radical (unpaired) electrons. The first-order chi connectivity index (χ1) is 14.3. The monoisotopic (exact) mass is 487 g/mol. The number of allylic oxidation sites excluding steroid dienone is 1. The van der Waals surface area contributed by atoms with Crippen molar-refractivity contribution in [2.75, 3.05) is 14.1 Å². The zero-order valence-corrected chi connectivity index (χ0v) is 17.0. The molecule has 5 nitrogen and oxygen atoms in total. The van der Waals surface area contributed by atoms with E-state index in [4.69, 9.17) is 23.2 Å². The Hall–Kier alpha value is -2.78. The maximum atomic E-state index is 13.4. The Bertz CT molecular complexity index is 1070. The molecule has 14 heteroatoms. The van der Waals surface area contributed by atoms with E-state index in [1.807, 2.05) is 0 Å². The van der Waals surface area contributed by atoms with Crippen LogP contribution in [0.25, 0.3) is 11.3 Å². The molecule has 0 bridgehead atoms. The van der Waals surface area contributed by atoms with Crippen molar-refractivity contribution >= 4 is 40.9 Å². The molecule has 2 aromatic rings. The third kappa shape index (κ3) is 5.11. The summed E-state index contributed by atoms with van der Waals surface area (Å²) in [5, 5.41) is 11.6. The van der Waals surface area contributed by atoms with Gasteiger partial charge in [0.2, 0.25) is 0 Å². The zero-order valence-electron chi connectivity index (χ0n) is 15.4. The summed E-state index contributed by atoms with van der Waals surface area (Å²) in [5.41, 5.74) is -5.41. The Labute approximate surface area is 180 Å². The largest absolute Gasteiger partial charge is 0.416 e. The van der Waals surface area contributed by atoms with Gasteiger partial charge in [0.25, 0.3) is 12.5 Å². The molecule has 0 aliphatic heterocycles. The lowest BCUT2D eigenvalue weighted by atomic mass is 10.1. The van der Waals surface area contributed by atoms with Gasteiger partial charge in [-0.25, -0.2) is 18.5 Å². The molecule has 0 fully saturated rings.